The van der Waals surface area contributed by atoms with E-state index in [9.17, 15) is 9.50 Å². The summed E-state index contributed by atoms with van der Waals surface area (Å²) in [7, 11) is 0. The van der Waals surface area contributed by atoms with Crippen LogP contribution in [0.15, 0.2) is 23.6 Å². The van der Waals surface area contributed by atoms with Gasteiger partial charge in [0.2, 0.25) is 0 Å². The minimum atomic E-state index is -0.689. The maximum Gasteiger partial charge on any atom is 0.165 e. The van der Waals surface area contributed by atoms with E-state index in [0.717, 1.165) is 10.7 Å². The second-order valence-electron chi connectivity index (χ2n) is 4.99. The number of hydrogen-bond acceptors (Lipinski definition) is 4. The molecule has 1 N–H and O–H groups in total. The van der Waals surface area contributed by atoms with Crippen LogP contribution in [0.1, 0.15) is 49.1 Å². The number of halogens is 1. The fraction of sp³-hybridized carbons (Fsp3) is 0.400. The zero-order valence-electron chi connectivity index (χ0n) is 11.8. The van der Waals surface area contributed by atoms with Gasteiger partial charge in [0.15, 0.2) is 11.6 Å². The highest BCUT2D eigenvalue weighted by molar-refractivity contribution is 7.09. The molecule has 0 aliphatic rings. The summed E-state index contributed by atoms with van der Waals surface area (Å²) in [6.45, 7) is 6.00. The lowest BCUT2D eigenvalue weighted by Crippen LogP contribution is -2.00. The molecule has 0 amide bonds. The van der Waals surface area contributed by atoms with Crippen molar-refractivity contribution in [2.24, 2.45) is 0 Å². The van der Waals surface area contributed by atoms with Gasteiger partial charge in [-0.3, -0.25) is 0 Å². The van der Waals surface area contributed by atoms with Crippen LogP contribution in [0.25, 0.3) is 0 Å². The summed E-state index contributed by atoms with van der Waals surface area (Å²) < 4.78 is 19.2. The fourth-order valence-electron chi connectivity index (χ4n) is 1.70. The number of aliphatic hydroxyl groups is 1. The van der Waals surface area contributed by atoms with Gasteiger partial charge < -0.3 is 9.84 Å². The van der Waals surface area contributed by atoms with Gasteiger partial charge in [0.1, 0.15) is 6.61 Å². The van der Waals surface area contributed by atoms with Crippen molar-refractivity contribution in [1.29, 1.82) is 0 Å². The third-order valence-electron chi connectivity index (χ3n) is 2.88. The quantitative estimate of drug-likeness (QED) is 0.905. The molecular weight excluding hydrogens is 277 g/mol. The predicted octanol–water partition coefficient (Wildman–Crippen LogP) is 4.04. The zero-order chi connectivity index (χ0) is 14.7. The molecule has 0 unspecified atom stereocenters. The Labute approximate surface area is 122 Å². The Morgan fingerprint density at radius 1 is 1.35 bits per heavy atom. The molecule has 0 aliphatic heterocycles. The van der Waals surface area contributed by atoms with Gasteiger partial charge in [0.05, 0.1) is 16.8 Å². The van der Waals surface area contributed by atoms with Crippen molar-refractivity contribution in [2.45, 2.75) is 39.4 Å². The molecule has 5 heteroatoms. The minimum absolute atomic E-state index is 0.175. The minimum Gasteiger partial charge on any atom is -0.484 e. The molecule has 108 valence electrons. The van der Waals surface area contributed by atoms with Gasteiger partial charge in [-0.2, -0.15) is 0 Å². The smallest absolute Gasteiger partial charge is 0.165 e. The van der Waals surface area contributed by atoms with Gasteiger partial charge in [-0.05, 0) is 24.6 Å². The Kier molecular flexibility index (Phi) is 4.73. The van der Waals surface area contributed by atoms with Crippen LogP contribution in [0.5, 0.6) is 5.75 Å². The van der Waals surface area contributed by atoms with Crippen molar-refractivity contribution in [3.05, 3.63) is 45.7 Å². The predicted molar refractivity (Wildman–Crippen MR) is 77.6 cm³/mol. The van der Waals surface area contributed by atoms with Crippen LogP contribution in [0.3, 0.4) is 0 Å². The Morgan fingerprint density at radius 2 is 2.10 bits per heavy atom. The summed E-state index contributed by atoms with van der Waals surface area (Å²) in [5.41, 5.74) is 1.34. The number of ether oxygens (including phenoxy) is 1. The summed E-state index contributed by atoms with van der Waals surface area (Å²) in [5, 5.41) is 12.4. The van der Waals surface area contributed by atoms with E-state index in [0.29, 0.717) is 11.5 Å². The lowest BCUT2D eigenvalue weighted by molar-refractivity contribution is 0.198. The normalized spacial score (nSPS) is 12.7. The molecule has 2 aromatic rings. The molecule has 3 nitrogen and oxygen atoms in total. The lowest BCUT2D eigenvalue weighted by atomic mass is 10.1. The van der Waals surface area contributed by atoms with Crippen molar-refractivity contribution in [3.8, 4) is 5.75 Å². The highest BCUT2D eigenvalue weighted by Gasteiger charge is 2.10. The average Bonchev–Trinajstić information content (AvgIpc) is 2.86. The Balaban J connectivity index is 2.03. The molecule has 0 saturated heterocycles. The summed E-state index contributed by atoms with van der Waals surface area (Å²) in [6.07, 6.45) is -0.689. The highest BCUT2D eigenvalue weighted by Crippen LogP contribution is 2.24. The van der Waals surface area contributed by atoms with Crippen LogP contribution in [-0.2, 0) is 6.61 Å². The number of aliphatic hydroxyl groups excluding tert-OH is 1. The monoisotopic (exact) mass is 295 g/mol. The van der Waals surface area contributed by atoms with E-state index in [1.165, 1.54) is 12.1 Å². The van der Waals surface area contributed by atoms with Gasteiger partial charge in [0, 0.05) is 11.3 Å². The lowest BCUT2D eigenvalue weighted by Gasteiger charge is -2.09. The Hall–Kier alpha value is -1.46. The van der Waals surface area contributed by atoms with E-state index in [2.05, 4.69) is 18.8 Å². The van der Waals surface area contributed by atoms with Crippen molar-refractivity contribution in [2.75, 3.05) is 0 Å². The third-order valence-corrected chi connectivity index (χ3v) is 4.07. The molecular formula is C15H18FNO2S. The average molecular weight is 295 g/mol. The van der Waals surface area contributed by atoms with Crippen LogP contribution in [0.4, 0.5) is 4.39 Å². The molecule has 0 fully saturated rings. The highest BCUT2D eigenvalue weighted by atomic mass is 32.1. The largest absolute Gasteiger partial charge is 0.484 e. The Morgan fingerprint density at radius 3 is 2.65 bits per heavy atom. The molecule has 1 atom stereocenters. The van der Waals surface area contributed by atoms with Gasteiger partial charge in [-0.1, -0.05) is 19.9 Å². The van der Waals surface area contributed by atoms with Gasteiger partial charge in [0.25, 0.3) is 0 Å². The van der Waals surface area contributed by atoms with Crippen LogP contribution in [0, 0.1) is 5.82 Å². The van der Waals surface area contributed by atoms with Gasteiger partial charge in [-0.25, -0.2) is 9.37 Å². The van der Waals surface area contributed by atoms with Gasteiger partial charge in [-0.15, -0.1) is 11.3 Å². The molecule has 1 aromatic heterocycles. The van der Waals surface area contributed by atoms with Crippen LogP contribution in [0.2, 0.25) is 0 Å². The van der Waals surface area contributed by atoms with E-state index in [-0.39, 0.29) is 12.4 Å². The summed E-state index contributed by atoms with van der Waals surface area (Å²) in [4.78, 5) is 4.43. The second-order valence-corrected chi connectivity index (χ2v) is 5.88. The molecule has 1 aromatic carbocycles. The van der Waals surface area contributed by atoms with Crippen LogP contribution < -0.4 is 4.74 Å². The summed E-state index contributed by atoms with van der Waals surface area (Å²) >= 11 is 1.59. The molecule has 0 saturated carbocycles. The summed E-state index contributed by atoms with van der Waals surface area (Å²) in [5.74, 6) is 0.0898. The molecule has 2 rings (SSSR count). The number of rotatable bonds is 5. The third kappa shape index (κ3) is 3.55. The number of nitrogens with zero attached hydrogens (tertiary/aromatic N) is 1. The zero-order valence-corrected chi connectivity index (χ0v) is 12.6. The molecule has 1 heterocycles. The fourth-order valence-corrected chi connectivity index (χ4v) is 2.52. The first-order valence-corrected chi connectivity index (χ1v) is 7.40. The Bertz CT molecular complexity index is 581. The van der Waals surface area contributed by atoms with Crippen molar-refractivity contribution >= 4 is 11.3 Å². The topological polar surface area (TPSA) is 42.4 Å². The first-order chi connectivity index (χ1) is 9.47. The number of aromatic nitrogens is 1. The maximum atomic E-state index is 13.8. The first kappa shape index (κ1) is 14.9. The standard InChI is InChI=1S/C15H18FNO2S/c1-9(2)15-17-12(8-20-15)7-19-14-5-4-11(10(3)18)6-13(14)16/h4-6,8-10,18H,7H2,1-3H3/t10-/m1/s1. The second kappa shape index (κ2) is 6.33. The number of hydrogen-bond donors (Lipinski definition) is 1. The molecule has 20 heavy (non-hydrogen) atoms. The van der Waals surface area contributed by atoms with Crippen LogP contribution in [-0.4, -0.2) is 10.1 Å². The first-order valence-electron chi connectivity index (χ1n) is 6.52. The maximum absolute atomic E-state index is 13.8. The summed E-state index contributed by atoms with van der Waals surface area (Å²) in [6, 6.07) is 4.48. The van der Waals surface area contributed by atoms with Crippen LogP contribution >= 0.6 is 11.3 Å². The van der Waals surface area contributed by atoms with E-state index >= 15 is 0 Å². The number of thiazole rings is 1. The van der Waals surface area contributed by atoms with Gasteiger partial charge >= 0.3 is 0 Å². The van der Waals surface area contributed by atoms with E-state index in [1.807, 2.05) is 5.38 Å². The molecule has 0 spiro atoms. The SMILES string of the molecule is CC(C)c1nc(COc2ccc([C@@H](C)O)cc2F)cs1. The molecule has 0 bridgehead atoms. The number of benzene rings is 1. The molecule has 0 radical (unpaired) electrons. The van der Waals surface area contributed by atoms with Crippen molar-refractivity contribution < 1.29 is 14.2 Å². The van der Waals surface area contributed by atoms with Crippen molar-refractivity contribution in [1.82, 2.24) is 4.98 Å². The molecule has 0 aliphatic carbocycles. The van der Waals surface area contributed by atoms with Crippen molar-refractivity contribution in [3.63, 3.8) is 0 Å². The van der Waals surface area contributed by atoms with E-state index in [1.54, 1.807) is 24.3 Å². The van der Waals surface area contributed by atoms with E-state index in [4.69, 9.17) is 4.74 Å². The van der Waals surface area contributed by atoms with E-state index < -0.39 is 11.9 Å².